The molecule has 0 fully saturated rings. The van der Waals surface area contributed by atoms with Crippen molar-refractivity contribution in [3.8, 4) is 45.0 Å². The smallest absolute Gasteiger partial charge is 0.160 e. The van der Waals surface area contributed by atoms with Crippen LogP contribution in [0.5, 0.6) is 0 Å². The third kappa shape index (κ3) is 4.40. The monoisotopic (exact) mass is 590 g/mol. The summed E-state index contributed by atoms with van der Waals surface area (Å²) in [5.41, 5.74) is 7.50. The van der Waals surface area contributed by atoms with Gasteiger partial charge in [-0.15, -0.1) is 11.3 Å². The minimum atomic E-state index is 0.727. The second kappa shape index (κ2) is 10.5. The Morgan fingerprint density at radius 3 is 1.84 bits per heavy atom. The minimum Gasteiger partial charge on any atom is -0.228 e. The van der Waals surface area contributed by atoms with Gasteiger partial charge in [-0.2, -0.15) is 0 Å². The van der Waals surface area contributed by atoms with Crippen molar-refractivity contribution in [2.24, 2.45) is 0 Å². The fourth-order valence-corrected chi connectivity index (χ4v) is 7.76. The first-order valence-electron chi connectivity index (χ1n) is 15.2. The highest BCUT2D eigenvalue weighted by molar-refractivity contribution is 7.26. The summed E-state index contributed by atoms with van der Waals surface area (Å²) in [4.78, 5) is 10.2. The maximum absolute atomic E-state index is 5.21. The van der Waals surface area contributed by atoms with Crippen molar-refractivity contribution in [1.82, 2.24) is 9.97 Å². The van der Waals surface area contributed by atoms with Crippen LogP contribution >= 0.6 is 11.3 Å². The molecule has 0 amide bonds. The Labute approximate surface area is 264 Å². The number of thiophene rings is 1. The molecule has 9 aromatic rings. The van der Waals surface area contributed by atoms with Crippen molar-refractivity contribution in [1.29, 1.82) is 0 Å². The first-order chi connectivity index (χ1) is 22.3. The maximum Gasteiger partial charge on any atom is 0.160 e. The van der Waals surface area contributed by atoms with Crippen molar-refractivity contribution >= 4 is 53.1 Å². The predicted octanol–water partition coefficient (Wildman–Crippen LogP) is 11.8. The van der Waals surface area contributed by atoms with E-state index in [0.717, 1.165) is 33.9 Å². The molecule has 0 radical (unpaired) electrons. The highest BCUT2D eigenvalue weighted by Crippen LogP contribution is 2.45. The largest absolute Gasteiger partial charge is 0.228 e. The molecule has 0 aliphatic carbocycles. The maximum atomic E-state index is 5.21. The molecule has 2 heterocycles. The average Bonchev–Trinajstić information content (AvgIpc) is 3.51. The van der Waals surface area contributed by atoms with E-state index >= 15 is 0 Å². The summed E-state index contributed by atoms with van der Waals surface area (Å²) in [5, 5.41) is 7.56. The van der Waals surface area contributed by atoms with Gasteiger partial charge in [0.1, 0.15) is 0 Å². The molecule has 0 aliphatic heterocycles. The van der Waals surface area contributed by atoms with Crippen LogP contribution in [0.4, 0.5) is 0 Å². The van der Waals surface area contributed by atoms with E-state index < -0.39 is 0 Å². The summed E-state index contributed by atoms with van der Waals surface area (Å²) < 4.78 is 2.54. The molecule has 3 heteroatoms. The quantitative estimate of drug-likeness (QED) is 0.191. The molecular weight excluding hydrogens is 565 g/mol. The van der Waals surface area contributed by atoms with Gasteiger partial charge in [-0.05, 0) is 50.9 Å². The van der Waals surface area contributed by atoms with Gasteiger partial charge in [-0.25, -0.2) is 9.97 Å². The Bertz CT molecular complexity index is 2470. The highest BCUT2D eigenvalue weighted by Gasteiger charge is 2.19. The first-order valence-corrected chi connectivity index (χ1v) is 16.0. The average molecular weight is 591 g/mol. The third-order valence-electron chi connectivity index (χ3n) is 8.69. The van der Waals surface area contributed by atoms with E-state index in [4.69, 9.17) is 9.97 Å². The summed E-state index contributed by atoms with van der Waals surface area (Å²) >= 11 is 1.86. The van der Waals surface area contributed by atoms with Crippen LogP contribution in [-0.2, 0) is 0 Å². The Kier molecular flexibility index (Phi) is 6.03. The van der Waals surface area contributed by atoms with Crippen molar-refractivity contribution in [3.05, 3.63) is 158 Å². The van der Waals surface area contributed by atoms with Crippen LogP contribution in [0.1, 0.15) is 0 Å². The van der Waals surface area contributed by atoms with Crippen LogP contribution in [-0.4, -0.2) is 9.97 Å². The molecule has 0 spiro atoms. The zero-order valence-electron chi connectivity index (χ0n) is 24.3. The zero-order chi connectivity index (χ0) is 29.7. The number of hydrogen-bond acceptors (Lipinski definition) is 3. The lowest BCUT2D eigenvalue weighted by Gasteiger charge is -2.13. The van der Waals surface area contributed by atoms with Crippen molar-refractivity contribution in [2.75, 3.05) is 0 Å². The van der Waals surface area contributed by atoms with Gasteiger partial charge < -0.3 is 0 Å². The Morgan fingerprint density at radius 1 is 0.400 bits per heavy atom. The summed E-state index contributed by atoms with van der Waals surface area (Å²) in [6, 6.07) is 56.1. The molecule has 0 unspecified atom stereocenters. The van der Waals surface area contributed by atoms with Crippen molar-refractivity contribution < 1.29 is 0 Å². The molecule has 0 bridgehead atoms. The second-order valence-corrected chi connectivity index (χ2v) is 12.4. The lowest BCUT2D eigenvalue weighted by Crippen LogP contribution is -1.96. The van der Waals surface area contributed by atoms with E-state index in [1.54, 1.807) is 0 Å². The van der Waals surface area contributed by atoms with Gasteiger partial charge in [0.05, 0.1) is 11.4 Å². The van der Waals surface area contributed by atoms with E-state index in [1.807, 2.05) is 35.6 Å². The van der Waals surface area contributed by atoms with Gasteiger partial charge in [0, 0.05) is 36.9 Å². The topological polar surface area (TPSA) is 25.8 Å². The fraction of sp³-hybridized carbons (Fsp3) is 0. The van der Waals surface area contributed by atoms with Gasteiger partial charge in [-0.3, -0.25) is 0 Å². The number of aromatic nitrogens is 2. The lowest BCUT2D eigenvalue weighted by atomic mass is 9.94. The van der Waals surface area contributed by atoms with E-state index in [0.29, 0.717) is 0 Å². The van der Waals surface area contributed by atoms with Crippen LogP contribution in [0, 0.1) is 0 Å². The number of benzene rings is 7. The standard InChI is InChI=1S/C42H26N2S/c1-3-12-29(13-4-1)37-26-38(44-42(43-37)30-14-5-2-6-15-30)34-24-23-33(41-40(34)35-17-9-10-18-39(35)45-41)31-22-21-28-20-19-27-11-7-8-16-32(27)36(28)25-31/h1-26H. The molecule has 0 aliphatic rings. The molecule has 7 aromatic carbocycles. The van der Waals surface area contributed by atoms with Gasteiger partial charge in [0.25, 0.3) is 0 Å². The Morgan fingerprint density at radius 2 is 1.02 bits per heavy atom. The summed E-state index contributed by atoms with van der Waals surface area (Å²) in [6.45, 7) is 0. The number of fused-ring (bicyclic) bond motifs is 6. The molecule has 45 heavy (non-hydrogen) atoms. The molecule has 9 rings (SSSR count). The van der Waals surface area contributed by atoms with Crippen LogP contribution in [0.25, 0.3) is 86.7 Å². The number of hydrogen-bond donors (Lipinski definition) is 0. The molecule has 0 saturated heterocycles. The van der Waals surface area contributed by atoms with Crippen LogP contribution in [0.2, 0.25) is 0 Å². The normalized spacial score (nSPS) is 11.6. The number of nitrogens with zero attached hydrogens (tertiary/aromatic N) is 2. The molecule has 0 atom stereocenters. The molecule has 0 saturated carbocycles. The molecule has 0 N–H and O–H groups in total. The van der Waals surface area contributed by atoms with Crippen LogP contribution in [0.3, 0.4) is 0 Å². The van der Waals surface area contributed by atoms with Crippen LogP contribution in [0.15, 0.2) is 158 Å². The molecule has 2 nitrogen and oxygen atoms in total. The number of rotatable bonds is 4. The van der Waals surface area contributed by atoms with E-state index in [-0.39, 0.29) is 0 Å². The Hall–Kier alpha value is -5.64. The predicted molar refractivity (Wildman–Crippen MR) is 192 cm³/mol. The molecule has 210 valence electrons. The third-order valence-corrected chi connectivity index (χ3v) is 9.89. The fourth-order valence-electron chi connectivity index (χ4n) is 6.50. The SMILES string of the molecule is c1ccc(-c2cc(-c3ccc(-c4ccc5ccc6ccccc6c5c4)c4sc5ccccc5c34)nc(-c3ccccc3)n2)cc1. The minimum absolute atomic E-state index is 0.727. The zero-order valence-corrected chi connectivity index (χ0v) is 25.1. The van der Waals surface area contributed by atoms with Gasteiger partial charge >= 0.3 is 0 Å². The second-order valence-electron chi connectivity index (χ2n) is 11.4. The van der Waals surface area contributed by atoms with Gasteiger partial charge in [0.15, 0.2) is 5.82 Å². The summed E-state index contributed by atoms with van der Waals surface area (Å²) in [7, 11) is 0. The van der Waals surface area contributed by atoms with Gasteiger partial charge in [-0.1, -0.05) is 140 Å². The van der Waals surface area contributed by atoms with Crippen molar-refractivity contribution in [3.63, 3.8) is 0 Å². The lowest BCUT2D eigenvalue weighted by molar-refractivity contribution is 1.19. The first kappa shape index (κ1) is 25.8. The summed E-state index contributed by atoms with van der Waals surface area (Å²) in [5.74, 6) is 0.727. The highest BCUT2D eigenvalue weighted by atomic mass is 32.1. The van der Waals surface area contributed by atoms with Gasteiger partial charge in [0.2, 0.25) is 0 Å². The summed E-state index contributed by atoms with van der Waals surface area (Å²) in [6.07, 6.45) is 0. The van der Waals surface area contributed by atoms with E-state index in [1.165, 1.54) is 52.8 Å². The van der Waals surface area contributed by atoms with E-state index in [2.05, 4.69) is 133 Å². The van der Waals surface area contributed by atoms with E-state index in [9.17, 15) is 0 Å². The van der Waals surface area contributed by atoms with Crippen molar-refractivity contribution in [2.45, 2.75) is 0 Å². The molecule has 2 aromatic heterocycles. The Balaban J connectivity index is 1.31. The molecular formula is C42H26N2S. The van der Waals surface area contributed by atoms with Crippen LogP contribution < -0.4 is 0 Å².